The minimum Gasteiger partial charge on any atom is -0.395 e. The molecule has 0 saturated carbocycles. The Morgan fingerprint density at radius 3 is 2.43 bits per heavy atom. The lowest BCUT2D eigenvalue weighted by atomic mass is 10.2. The fourth-order valence-electron chi connectivity index (χ4n) is 1.93. The molecule has 0 aliphatic carbocycles. The first-order valence-electron chi connectivity index (χ1n) is 6.80. The third-order valence-corrected chi connectivity index (χ3v) is 2.81. The van der Waals surface area contributed by atoms with Gasteiger partial charge in [0.15, 0.2) is 0 Å². The molecule has 2 N–H and O–H groups in total. The smallest absolute Gasteiger partial charge is 0.395 e. The molecule has 0 bridgehead atoms. The van der Waals surface area contributed by atoms with Gasteiger partial charge in [0.1, 0.15) is 24.0 Å². The van der Waals surface area contributed by atoms with Crippen molar-refractivity contribution in [2.24, 2.45) is 0 Å². The quantitative estimate of drug-likeness (QED) is 0.809. The van der Waals surface area contributed by atoms with Gasteiger partial charge in [-0.1, -0.05) is 6.92 Å². The van der Waals surface area contributed by atoms with Crippen LogP contribution in [0.15, 0.2) is 0 Å². The number of halogens is 3. The van der Waals surface area contributed by atoms with E-state index in [0.29, 0.717) is 23.8 Å². The van der Waals surface area contributed by atoms with Crippen LogP contribution in [0.3, 0.4) is 0 Å². The van der Waals surface area contributed by atoms with Crippen LogP contribution in [0.1, 0.15) is 24.7 Å². The molecule has 0 aliphatic rings. The summed E-state index contributed by atoms with van der Waals surface area (Å²) in [6, 6.07) is 0. The molecule has 0 radical (unpaired) electrons. The number of alkyl halides is 3. The van der Waals surface area contributed by atoms with Gasteiger partial charge >= 0.3 is 6.18 Å². The van der Waals surface area contributed by atoms with Gasteiger partial charge in [-0.05, 0) is 20.3 Å². The van der Waals surface area contributed by atoms with Crippen LogP contribution in [0.4, 0.5) is 24.8 Å². The van der Waals surface area contributed by atoms with Gasteiger partial charge in [-0.15, -0.1) is 0 Å². The largest absolute Gasteiger partial charge is 0.405 e. The van der Waals surface area contributed by atoms with Gasteiger partial charge in [0.05, 0.1) is 6.61 Å². The minimum absolute atomic E-state index is 0.135. The van der Waals surface area contributed by atoms with Gasteiger partial charge in [0.2, 0.25) is 0 Å². The summed E-state index contributed by atoms with van der Waals surface area (Å²) in [7, 11) is 0. The van der Waals surface area contributed by atoms with Crippen LogP contribution in [0, 0.1) is 13.8 Å². The normalized spacial score (nSPS) is 11.6. The first-order chi connectivity index (χ1) is 9.78. The van der Waals surface area contributed by atoms with Crippen LogP contribution in [-0.4, -0.2) is 47.5 Å². The van der Waals surface area contributed by atoms with E-state index >= 15 is 0 Å². The summed E-state index contributed by atoms with van der Waals surface area (Å²) >= 11 is 0. The second-order valence-corrected chi connectivity index (χ2v) is 4.76. The van der Waals surface area contributed by atoms with E-state index < -0.39 is 12.7 Å². The zero-order valence-electron chi connectivity index (χ0n) is 12.5. The van der Waals surface area contributed by atoms with Gasteiger partial charge in [-0.25, -0.2) is 9.97 Å². The van der Waals surface area contributed by atoms with E-state index in [2.05, 4.69) is 15.3 Å². The predicted molar refractivity (Wildman–Crippen MR) is 75.6 cm³/mol. The zero-order valence-corrected chi connectivity index (χ0v) is 12.5. The van der Waals surface area contributed by atoms with Crippen molar-refractivity contribution >= 4 is 11.6 Å². The molecule has 0 aromatic carbocycles. The molecule has 1 aromatic heterocycles. The average Bonchev–Trinajstić information content (AvgIpc) is 2.37. The molecule has 0 amide bonds. The third kappa shape index (κ3) is 5.37. The topological polar surface area (TPSA) is 61.3 Å². The van der Waals surface area contributed by atoms with E-state index in [-0.39, 0.29) is 19.0 Å². The molecule has 21 heavy (non-hydrogen) atoms. The van der Waals surface area contributed by atoms with Gasteiger partial charge in [-0.2, -0.15) is 13.2 Å². The third-order valence-electron chi connectivity index (χ3n) is 2.81. The molecule has 5 nitrogen and oxygen atoms in total. The van der Waals surface area contributed by atoms with Crippen LogP contribution in [0.5, 0.6) is 0 Å². The lowest BCUT2D eigenvalue weighted by molar-refractivity contribution is -0.120. The lowest BCUT2D eigenvalue weighted by Gasteiger charge is -2.26. The average molecular weight is 306 g/mol. The van der Waals surface area contributed by atoms with E-state index in [9.17, 15) is 13.2 Å². The van der Waals surface area contributed by atoms with Gasteiger partial charge < -0.3 is 15.3 Å². The van der Waals surface area contributed by atoms with Crippen molar-refractivity contribution in [2.45, 2.75) is 33.4 Å². The summed E-state index contributed by atoms with van der Waals surface area (Å²) in [5.41, 5.74) is 0.548. The Morgan fingerprint density at radius 2 is 1.90 bits per heavy atom. The van der Waals surface area contributed by atoms with Gasteiger partial charge in [-0.3, -0.25) is 0 Å². The molecule has 1 aromatic rings. The molecule has 0 fully saturated rings. The van der Waals surface area contributed by atoms with Crippen molar-refractivity contribution in [3.63, 3.8) is 0 Å². The molecule has 0 unspecified atom stereocenters. The number of aliphatic hydroxyl groups excluding tert-OH is 1. The fourth-order valence-corrected chi connectivity index (χ4v) is 1.93. The lowest BCUT2D eigenvalue weighted by Crippen LogP contribution is -2.37. The van der Waals surface area contributed by atoms with E-state index in [1.54, 1.807) is 13.8 Å². The highest BCUT2D eigenvalue weighted by Gasteiger charge is 2.32. The first kappa shape index (κ1) is 17.5. The number of hydrogen-bond acceptors (Lipinski definition) is 5. The number of nitrogens with zero attached hydrogens (tertiary/aromatic N) is 3. The van der Waals surface area contributed by atoms with Gasteiger partial charge in [0.25, 0.3) is 0 Å². The number of aliphatic hydroxyl groups is 1. The highest BCUT2D eigenvalue weighted by atomic mass is 19.4. The SMILES string of the molecule is CCCNc1nc(C)nc(N(CCO)CC(F)(F)F)c1C. The van der Waals surface area contributed by atoms with Crippen molar-refractivity contribution < 1.29 is 18.3 Å². The number of nitrogens with one attached hydrogen (secondary N) is 1. The van der Waals surface area contributed by atoms with Gasteiger partial charge in [0, 0.05) is 18.7 Å². The molecule has 120 valence electrons. The number of anilines is 2. The molecule has 0 saturated heterocycles. The van der Waals surface area contributed by atoms with Crippen LogP contribution in [0.2, 0.25) is 0 Å². The van der Waals surface area contributed by atoms with Crippen molar-refractivity contribution in [2.75, 3.05) is 36.5 Å². The minimum atomic E-state index is -4.36. The maximum absolute atomic E-state index is 12.7. The maximum Gasteiger partial charge on any atom is 0.405 e. The first-order valence-corrected chi connectivity index (χ1v) is 6.80. The Balaban J connectivity index is 3.14. The van der Waals surface area contributed by atoms with Crippen LogP contribution < -0.4 is 10.2 Å². The summed E-state index contributed by atoms with van der Waals surface area (Å²) in [6.45, 7) is 4.30. The number of rotatable bonds is 7. The summed E-state index contributed by atoms with van der Waals surface area (Å²) in [5, 5.41) is 12.1. The van der Waals surface area contributed by atoms with E-state index in [1.165, 1.54) is 0 Å². The van der Waals surface area contributed by atoms with E-state index in [4.69, 9.17) is 5.11 Å². The monoisotopic (exact) mass is 306 g/mol. The maximum atomic E-state index is 12.7. The molecule has 0 aliphatic heterocycles. The summed E-state index contributed by atoms with van der Waals surface area (Å²) < 4.78 is 38.0. The standard InChI is InChI=1S/C13H21F3N4O/c1-4-5-17-11-9(2)12(19-10(3)18-11)20(6-7-21)8-13(14,15)16/h21H,4-8H2,1-3H3,(H,17,18,19). The molecule has 1 heterocycles. The Hall–Kier alpha value is -1.57. The summed E-state index contributed by atoms with van der Waals surface area (Å²) in [6.07, 6.45) is -3.49. The number of aryl methyl sites for hydroxylation is 1. The number of hydrogen-bond donors (Lipinski definition) is 2. The molecular formula is C13H21F3N4O. The van der Waals surface area contributed by atoms with Crippen LogP contribution >= 0.6 is 0 Å². The second-order valence-electron chi connectivity index (χ2n) is 4.76. The van der Waals surface area contributed by atoms with Crippen molar-refractivity contribution in [3.05, 3.63) is 11.4 Å². The molecule has 1 rings (SSSR count). The van der Waals surface area contributed by atoms with E-state index in [1.807, 2.05) is 6.92 Å². The summed E-state index contributed by atoms with van der Waals surface area (Å²) in [5.74, 6) is 1.12. The fraction of sp³-hybridized carbons (Fsp3) is 0.692. The van der Waals surface area contributed by atoms with Crippen LogP contribution in [-0.2, 0) is 0 Å². The summed E-state index contributed by atoms with van der Waals surface area (Å²) in [4.78, 5) is 9.35. The molecule has 8 heteroatoms. The predicted octanol–water partition coefficient (Wildman–Crippen LogP) is 2.28. The van der Waals surface area contributed by atoms with Crippen molar-refractivity contribution in [1.29, 1.82) is 0 Å². The van der Waals surface area contributed by atoms with E-state index in [0.717, 1.165) is 11.3 Å². The zero-order chi connectivity index (χ0) is 16.0. The van der Waals surface area contributed by atoms with Crippen LogP contribution in [0.25, 0.3) is 0 Å². The molecule has 0 atom stereocenters. The number of aromatic nitrogens is 2. The van der Waals surface area contributed by atoms with Crippen molar-refractivity contribution in [1.82, 2.24) is 9.97 Å². The molecular weight excluding hydrogens is 285 g/mol. The Morgan fingerprint density at radius 1 is 1.24 bits per heavy atom. The Kier molecular flexibility index (Phi) is 6.19. The highest BCUT2D eigenvalue weighted by molar-refractivity contribution is 5.58. The Bertz CT molecular complexity index is 465. The Labute approximate surface area is 122 Å². The highest BCUT2D eigenvalue weighted by Crippen LogP contribution is 2.26. The second kappa shape index (κ2) is 7.44. The van der Waals surface area contributed by atoms with Crippen molar-refractivity contribution in [3.8, 4) is 0 Å². The molecule has 0 spiro atoms.